The van der Waals surface area contributed by atoms with Crippen LogP contribution in [0.4, 0.5) is 0 Å². The van der Waals surface area contributed by atoms with E-state index >= 15 is 0 Å². The van der Waals surface area contributed by atoms with Crippen molar-refractivity contribution in [2.75, 3.05) is 0 Å². The highest BCUT2D eigenvalue weighted by atomic mass is 16.1. The van der Waals surface area contributed by atoms with E-state index in [0.717, 1.165) is 11.5 Å². The number of nitrogens with zero attached hydrogens (tertiary/aromatic N) is 3. The Morgan fingerprint density at radius 3 is 3.05 bits per heavy atom. The zero-order valence-corrected chi connectivity index (χ0v) is 11.0. The van der Waals surface area contributed by atoms with Crippen LogP contribution in [0, 0.1) is 5.92 Å². The molecule has 5 nitrogen and oxygen atoms in total. The van der Waals surface area contributed by atoms with Crippen LogP contribution in [0.1, 0.15) is 44.5 Å². The lowest BCUT2D eigenvalue weighted by Crippen LogP contribution is -2.30. The van der Waals surface area contributed by atoms with E-state index in [9.17, 15) is 4.79 Å². The molecule has 0 spiro atoms. The first-order valence-corrected chi connectivity index (χ1v) is 6.83. The highest BCUT2D eigenvalue weighted by Gasteiger charge is 2.22. The second-order valence-electron chi connectivity index (χ2n) is 5.28. The number of rotatable bonds is 4. The number of aromatic nitrogens is 3. The van der Waals surface area contributed by atoms with E-state index in [4.69, 9.17) is 0 Å². The van der Waals surface area contributed by atoms with Crippen LogP contribution in [-0.4, -0.2) is 20.5 Å². The van der Waals surface area contributed by atoms with E-state index in [1.165, 1.54) is 19.3 Å². The number of carbonyl (C=O) groups excluding carboxylic acids is 1. The molecule has 0 radical (unpaired) electrons. The minimum atomic E-state index is -0.120. The number of fused-ring (bicyclic) bond motifs is 1. The lowest BCUT2D eigenvalue weighted by atomic mass is 9.83. The molecular formula is C14H18N4O. The van der Waals surface area contributed by atoms with Gasteiger partial charge in [0.2, 0.25) is 5.91 Å². The highest BCUT2D eigenvalue weighted by molar-refractivity contribution is 5.76. The van der Waals surface area contributed by atoms with Crippen LogP contribution in [0.15, 0.2) is 24.4 Å². The molecule has 1 saturated carbocycles. The van der Waals surface area contributed by atoms with Crippen molar-refractivity contribution < 1.29 is 4.79 Å². The molecule has 3 rings (SSSR count). The first-order valence-electron chi connectivity index (χ1n) is 6.83. The fraction of sp³-hybridized carbons (Fsp3) is 0.500. The van der Waals surface area contributed by atoms with Crippen LogP contribution >= 0.6 is 0 Å². The van der Waals surface area contributed by atoms with Gasteiger partial charge in [0, 0.05) is 12.6 Å². The van der Waals surface area contributed by atoms with Crippen molar-refractivity contribution in [1.29, 1.82) is 0 Å². The maximum Gasteiger partial charge on any atom is 0.220 e. The molecule has 2 aromatic heterocycles. The average molecular weight is 258 g/mol. The first kappa shape index (κ1) is 12.1. The standard InChI is InChI=1S/C14H18N4O/c1-10(15-13(19)9-11-5-4-6-11)14-17-16-12-7-2-3-8-18(12)14/h2-3,7-8,10-11H,4-6,9H2,1H3,(H,15,19)/t10-/m0/s1. The molecule has 2 aromatic rings. The van der Waals surface area contributed by atoms with Crippen molar-refractivity contribution in [3.05, 3.63) is 30.2 Å². The second kappa shape index (κ2) is 4.99. The van der Waals surface area contributed by atoms with E-state index in [1.807, 2.05) is 35.7 Å². The molecule has 0 aromatic carbocycles. The maximum atomic E-state index is 11.9. The minimum Gasteiger partial charge on any atom is -0.346 e. The summed E-state index contributed by atoms with van der Waals surface area (Å²) in [5.41, 5.74) is 0.803. The smallest absolute Gasteiger partial charge is 0.220 e. The Morgan fingerprint density at radius 2 is 2.32 bits per heavy atom. The molecule has 1 aliphatic carbocycles. The van der Waals surface area contributed by atoms with E-state index in [1.54, 1.807) is 0 Å². The fourth-order valence-electron chi connectivity index (χ4n) is 2.48. The van der Waals surface area contributed by atoms with Crippen molar-refractivity contribution in [2.24, 2.45) is 5.92 Å². The van der Waals surface area contributed by atoms with E-state index in [-0.39, 0.29) is 11.9 Å². The third-order valence-corrected chi connectivity index (χ3v) is 3.80. The van der Waals surface area contributed by atoms with E-state index in [2.05, 4.69) is 15.5 Å². The monoisotopic (exact) mass is 258 g/mol. The Morgan fingerprint density at radius 1 is 1.47 bits per heavy atom. The highest BCUT2D eigenvalue weighted by Crippen LogP contribution is 2.29. The Labute approximate surface area is 112 Å². The summed E-state index contributed by atoms with van der Waals surface area (Å²) in [6, 6.07) is 5.64. The Hall–Kier alpha value is -1.91. The predicted molar refractivity (Wildman–Crippen MR) is 71.5 cm³/mol. The molecule has 0 unspecified atom stereocenters. The summed E-state index contributed by atoms with van der Waals surface area (Å²) in [6.07, 6.45) is 6.20. The number of carbonyl (C=O) groups is 1. The third-order valence-electron chi connectivity index (χ3n) is 3.80. The lowest BCUT2D eigenvalue weighted by Gasteiger charge is -2.25. The van der Waals surface area contributed by atoms with Crippen molar-refractivity contribution in [1.82, 2.24) is 19.9 Å². The van der Waals surface area contributed by atoms with Gasteiger partial charge >= 0.3 is 0 Å². The molecule has 1 atom stereocenters. The van der Waals surface area contributed by atoms with Crippen molar-refractivity contribution in [3.8, 4) is 0 Å². The summed E-state index contributed by atoms with van der Waals surface area (Å²) in [4.78, 5) is 11.9. The number of amides is 1. The van der Waals surface area contributed by atoms with Gasteiger partial charge in [-0.2, -0.15) is 0 Å². The molecule has 100 valence electrons. The summed E-state index contributed by atoms with van der Waals surface area (Å²) in [7, 11) is 0. The molecule has 0 bridgehead atoms. The molecule has 1 aliphatic rings. The van der Waals surface area contributed by atoms with Gasteiger partial charge in [-0.05, 0) is 37.8 Å². The molecule has 1 fully saturated rings. The zero-order valence-electron chi connectivity index (χ0n) is 11.0. The van der Waals surface area contributed by atoms with Gasteiger partial charge in [0.05, 0.1) is 6.04 Å². The van der Waals surface area contributed by atoms with Crippen LogP contribution in [0.2, 0.25) is 0 Å². The Kier molecular flexibility index (Phi) is 3.19. The molecule has 0 saturated heterocycles. The topological polar surface area (TPSA) is 59.3 Å². The summed E-state index contributed by atoms with van der Waals surface area (Å²) in [6.45, 7) is 1.95. The van der Waals surface area contributed by atoms with Crippen LogP contribution < -0.4 is 5.32 Å². The number of pyridine rings is 1. The third kappa shape index (κ3) is 2.45. The molecule has 0 aliphatic heterocycles. The number of nitrogens with one attached hydrogen (secondary N) is 1. The quantitative estimate of drug-likeness (QED) is 0.913. The van der Waals surface area contributed by atoms with Gasteiger partial charge in [0.15, 0.2) is 11.5 Å². The SMILES string of the molecule is C[C@H](NC(=O)CC1CCC1)c1nnc2ccccn12. The molecular weight excluding hydrogens is 240 g/mol. The summed E-state index contributed by atoms with van der Waals surface area (Å²) >= 11 is 0. The van der Waals surface area contributed by atoms with E-state index in [0.29, 0.717) is 12.3 Å². The fourth-order valence-corrected chi connectivity index (χ4v) is 2.48. The number of hydrogen-bond donors (Lipinski definition) is 1. The van der Waals surface area contributed by atoms with Crippen LogP contribution in [-0.2, 0) is 4.79 Å². The summed E-state index contributed by atoms with van der Waals surface area (Å²) in [5, 5.41) is 11.3. The number of hydrogen-bond acceptors (Lipinski definition) is 3. The van der Waals surface area contributed by atoms with Gasteiger partial charge < -0.3 is 5.32 Å². The van der Waals surface area contributed by atoms with Crippen molar-refractivity contribution >= 4 is 11.6 Å². The normalized spacial score (nSPS) is 17.1. The largest absolute Gasteiger partial charge is 0.346 e. The van der Waals surface area contributed by atoms with Gasteiger partial charge in [-0.25, -0.2) is 0 Å². The van der Waals surface area contributed by atoms with Crippen LogP contribution in [0.3, 0.4) is 0 Å². The molecule has 1 N–H and O–H groups in total. The van der Waals surface area contributed by atoms with Crippen molar-refractivity contribution in [3.63, 3.8) is 0 Å². The van der Waals surface area contributed by atoms with Gasteiger partial charge in [-0.3, -0.25) is 9.20 Å². The van der Waals surface area contributed by atoms with Gasteiger partial charge in [-0.15, -0.1) is 10.2 Å². The summed E-state index contributed by atoms with van der Waals surface area (Å²) in [5.74, 6) is 1.48. The van der Waals surface area contributed by atoms with Gasteiger partial charge in [0.1, 0.15) is 0 Å². The average Bonchev–Trinajstić information content (AvgIpc) is 2.77. The van der Waals surface area contributed by atoms with Crippen molar-refractivity contribution in [2.45, 2.75) is 38.6 Å². The molecule has 19 heavy (non-hydrogen) atoms. The van der Waals surface area contributed by atoms with Crippen LogP contribution in [0.5, 0.6) is 0 Å². The molecule has 5 heteroatoms. The molecule has 1 amide bonds. The summed E-state index contributed by atoms with van der Waals surface area (Å²) < 4.78 is 1.91. The first-order chi connectivity index (χ1) is 9.24. The zero-order chi connectivity index (χ0) is 13.2. The maximum absolute atomic E-state index is 11.9. The molecule has 2 heterocycles. The second-order valence-corrected chi connectivity index (χ2v) is 5.28. The predicted octanol–water partition coefficient (Wildman–Crippen LogP) is 2.10. The Balaban J connectivity index is 1.69. The van der Waals surface area contributed by atoms with Crippen LogP contribution in [0.25, 0.3) is 5.65 Å². The Bertz CT molecular complexity index is 588. The minimum absolute atomic E-state index is 0.116. The lowest BCUT2D eigenvalue weighted by molar-refractivity contribution is -0.123. The van der Waals surface area contributed by atoms with E-state index < -0.39 is 0 Å². The van der Waals surface area contributed by atoms with Gasteiger partial charge in [0.25, 0.3) is 0 Å². The van der Waals surface area contributed by atoms with Gasteiger partial charge in [-0.1, -0.05) is 12.5 Å².